The third-order valence-electron chi connectivity index (χ3n) is 2.61. The maximum absolute atomic E-state index is 11.7. The van der Waals surface area contributed by atoms with Crippen LogP contribution in [0.2, 0.25) is 0 Å². The fourth-order valence-electron chi connectivity index (χ4n) is 1.57. The van der Waals surface area contributed by atoms with E-state index in [0.717, 1.165) is 12.8 Å². The summed E-state index contributed by atoms with van der Waals surface area (Å²) in [5.41, 5.74) is -0.131. The molecule has 4 nitrogen and oxygen atoms in total. The molecule has 0 fully saturated rings. The average Bonchev–Trinajstić information content (AvgIpc) is 2.28. The molecular weight excluding hydrogens is 232 g/mol. The third kappa shape index (κ3) is 5.94. The molecular formula is C14H25O4. The van der Waals surface area contributed by atoms with Crippen molar-refractivity contribution in [2.24, 2.45) is 5.41 Å². The molecule has 18 heavy (non-hydrogen) atoms. The minimum absolute atomic E-state index is 0.286. The summed E-state index contributed by atoms with van der Waals surface area (Å²) in [6.45, 7) is 9.84. The summed E-state index contributed by atoms with van der Waals surface area (Å²) in [7, 11) is 0. The van der Waals surface area contributed by atoms with Crippen molar-refractivity contribution < 1.29 is 19.4 Å². The molecule has 0 aromatic carbocycles. The Morgan fingerprint density at radius 1 is 1.17 bits per heavy atom. The van der Waals surface area contributed by atoms with E-state index in [-0.39, 0.29) is 11.9 Å². The second-order valence-corrected chi connectivity index (χ2v) is 5.05. The van der Waals surface area contributed by atoms with Gasteiger partial charge in [0.2, 0.25) is 0 Å². The Morgan fingerprint density at radius 3 is 2.28 bits per heavy atom. The molecule has 0 rings (SSSR count). The molecule has 0 spiro atoms. The molecule has 0 atom stereocenters. The van der Waals surface area contributed by atoms with Gasteiger partial charge in [-0.2, -0.15) is 0 Å². The fraction of sp³-hybridized carbons (Fsp3) is 0.786. The van der Waals surface area contributed by atoms with Gasteiger partial charge in [-0.15, -0.1) is 0 Å². The van der Waals surface area contributed by atoms with Crippen LogP contribution in [0.5, 0.6) is 0 Å². The predicted octanol–water partition coefficient (Wildman–Crippen LogP) is 3.44. The lowest BCUT2D eigenvalue weighted by atomic mass is 9.86. The van der Waals surface area contributed by atoms with E-state index >= 15 is 0 Å². The monoisotopic (exact) mass is 257 g/mol. The molecule has 4 heteroatoms. The van der Waals surface area contributed by atoms with Crippen molar-refractivity contribution in [2.45, 2.75) is 53.9 Å². The zero-order valence-corrected chi connectivity index (χ0v) is 12.2. The topological polar surface area (TPSA) is 55.4 Å². The van der Waals surface area contributed by atoms with Crippen molar-refractivity contribution >= 4 is 5.97 Å². The van der Waals surface area contributed by atoms with Gasteiger partial charge in [0.1, 0.15) is 0 Å². The van der Waals surface area contributed by atoms with E-state index in [1.165, 1.54) is 0 Å². The number of esters is 1. The number of ether oxygens (including phenoxy) is 2. The van der Waals surface area contributed by atoms with E-state index in [9.17, 15) is 9.90 Å². The highest BCUT2D eigenvalue weighted by atomic mass is 16.6. The standard InChI is InChI=1S/C14H25O4/c1-6-8-9-18-12(15)11(3)10-14(4,5)13(16)17-7-2/h6-10H2,1-5H3. The molecule has 0 saturated carbocycles. The molecule has 105 valence electrons. The van der Waals surface area contributed by atoms with Gasteiger partial charge in [-0.25, -0.2) is 5.11 Å². The van der Waals surface area contributed by atoms with E-state index in [1.807, 2.05) is 6.92 Å². The highest BCUT2D eigenvalue weighted by Crippen LogP contribution is 2.28. The Bertz CT molecular complexity index is 292. The van der Waals surface area contributed by atoms with Gasteiger partial charge in [-0.3, -0.25) is 4.79 Å². The van der Waals surface area contributed by atoms with Crippen LogP contribution in [0.3, 0.4) is 0 Å². The van der Waals surface area contributed by atoms with Gasteiger partial charge in [-0.1, -0.05) is 13.3 Å². The van der Waals surface area contributed by atoms with Gasteiger partial charge < -0.3 is 9.47 Å². The van der Waals surface area contributed by atoms with Crippen LogP contribution >= 0.6 is 0 Å². The maximum Gasteiger partial charge on any atom is 0.329 e. The summed E-state index contributed by atoms with van der Waals surface area (Å²) in [5, 5.41) is 11.7. The van der Waals surface area contributed by atoms with E-state index in [2.05, 4.69) is 0 Å². The Labute approximate surface area is 110 Å². The molecule has 0 heterocycles. The van der Waals surface area contributed by atoms with Gasteiger partial charge in [0.15, 0.2) is 0 Å². The minimum atomic E-state index is -0.691. The fourth-order valence-corrected chi connectivity index (χ4v) is 1.57. The van der Waals surface area contributed by atoms with Crippen LogP contribution < -0.4 is 0 Å². The Balaban J connectivity index is 4.46. The number of carbonyl (C=O) groups is 1. The highest BCUT2D eigenvalue weighted by Gasteiger charge is 2.30. The second kappa shape index (κ2) is 8.01. The van der Waals surface area contributed by atoms with Gasteiger partial charge >= 0.3 is 11.9 Å². The van der Waals surface area contributed by atoms with Crippen LogP contribution in [0, 0.1) is 5.41 Å². The van der Waals surface area contributed by atoms with E-state index in [1.54, 1.807) is 27.7 Å². The molecule has 0 aliphatic rings. The van der Waals surface area contributed by atoms with Crippen LogP contribution in [-0.2, 0) is 19.4 Å². The molecule has 0 saturated heterocycles. The van der Waals surface area contributed by atoms with E-state index in [0.29, 0.717) is 25.2 Å². The molecule has 0 amide bonds. The largest absolute Gasteiger partial charge is 0.466 e. The number of carbonyl (C=O) groups excluding carboxylic acids is 1. The molecule has 0 aromatic heterocycles. The molecule has 0 aliphatic carbocycles. The summed E-state index contributed by atoms with van der Waals surface area (Å²) in [6.07, 6.45) is 2.21. The SMILES string of the molecule is CCCCOC([O])=C(C)CC(C)(C)C(=O)OCC. The summed E-state index contributed by atoms with van der Waals surface area (Å²) in [4.78, 5) is 11.7. The number of hydrogen-bond acceptors (Lipinski definition) is 3. The second-order valence-electron chi connectivity index (χ2n) is 5.05. The summed E-state index contributed by atoms with van der Waals surface area (Å²) in [6, 6.07) is 0. The van der Waals surface area contributed by atoms with E-state index < -0.39 is 5.41 Å². The van der Waals surface area contributed by atoms with Crippen molar-refractivity contribution in [3.8, 4) is 0 Å². The Kier molecular flexibility index (Phi) is 7.48. The summed E-state index contributed by atoms with van der Waals surface area (Å²) >= 11 is 0. The summed E-state index contributed by atoms with van der Waals surface area (Å²) < 4.78 is 10.1. The molecule has 1 radical (unpaired) electrons. The highest BCUT2D eigenvalue weighted by molar-refractivity contribution is 5.76. The van der Waals surface area contributed by atoms with Gasteiger partial charge in [0.25, 0.3) is 0 Å². The predicted molar refractivity (Wildman–Crippen MR) is 69.3 cm³/mol. The number of rotatable bonds is 8. The molecule has 0 bridgehead atoms. The van der Waals surface area contributed by atoms with Gasteiger partial charge in [0.05, 0.1) is 18.6 Å². The van der Waals surface area contributed by atoms with Crippen LogP contribution in [0.25, 0.3) is 0 Å². The van der Waals surface area contributed by atoms with Crippen LogP contribution in [0.4, 0.5) is 0 Å². The number of allylic oxidation sites excluding steroid dienone is 1. The number of hydrogen-bond donors (Lipinski definition) is 0. The van der Waals surface area contributed by atoms with Crippen molar-refractivity contribution in [2.75, 3.05) is 13.2 Å². The summed E-state index contributed by atoms with van der Waals surface area (Å²) in [5.74, 6) is -0.605. The zero-order valence-electron chi connectivity index (χ0n) is 12.2. The Morgan fingerprint density at radius 2 is 1.78 bits per heavy atom. The number of unbranched alkanes of at least 4 members (excludes halogenated alkanes) is 1. The van der Waals surface area contributed by atoms with Crippen molar-refractivity contribution in [1.29, 1.82) is 0 Å². The third-order valence-corrected chi connectivity index (χ3v) is 2.61. The van der Waals surface area contributed by atoms with Crippen molar-refractivity contribution in [3.63, 3.8) is 0 Å². The lowest BCUT2D eigenvalue weighted by Gasteiger charge is -2.22. The first kappa shape index (κ1) is 16.8. The van der Waals surface area contributed by atoms with Crippen LogP contribution in [0.15, 0.2) is 11.5 Å². The first-order valence-corrected chi connectivity index (χ1v) is 6.52. The normalized spacial score (nSPS) is 12.9. The van der Waals surface area contributed by atoms with Crippen LogP contribution in [-0.4, -0.2) is 19.2 Å². The lowest BCUT2D eigenvalue weighted by molar-refractivity contribution is -0.153. The molecule has 0 N–H and O–H groups in total. The van der Waals surface area contributed by atoms with Gasteiger partial charge in [0, 0.05) is 5.57 Å². The quantitative estimate of drug-likeness (QED) is 0.380. The Hall–Kier alpha value is -1.19. The molecule has 0 aromatic rings. The first-order valence-electron chi connectivity index (χ1n) is 6.52. The minimum Gasteiger partial charge on any atom is -0.466 e. The van der Waals surface area contributed by atoms with Crippen molar-refractivity contribution in [3.05, 3.63) is 11.5 Å². The smallest absolute Gasteiger partial charge is 0.329 e. The zero-order chi connectivity index (χ0) is 14.2. The molecule has 0 unspecified atom stereocenters. The maximum atomic E-state index is 11.7. The van der Waals surface area contributed by atoms with E-state index in [4.69, 9.17) is 9.47 Å². The average molecular weight is 257 g/mol. The van der Waals surface area contributed by atoms with Crippen molar-refractivity contribution in [1.82, 2.24) is 0 Å². The first-order chi connectivity index (χ1) is 8.35. The van der Waals surface area contributed by atoms with Gasteiger partial charge in [-0.05, 0) is 40.5 Å². The van der Waals surface area contributed by atoms with Crippen LogP contribution in [0.1, 0.15) is 53.9 Å². The lowest BCUT2D eigenvalue weighted by Crippen LogP contribution is -2.27. The molecule has 0 aliphatic heterocycles.